The van der Waals surface area contributed by atoms with Crippen LogP contribution in [0.15, 0.2) is 48.5 Å². The Labute approximate surface area is 142 Å². The van der Waals surface area contributed by atoms with Crippen LogP contribution in [0.1, 0.15) is 31.1 Å². The van der Waals surface area contributed by atoms with Gasteiger partial charge in [-0.1, -0.05) is 36.4 Å². The minimum absolute atomic E-state index is 0.0250. The zero-order chi connectivity index (χ0) is 17.5. The third-order valence-electron chi connectivity index (χ3n) is 3.99. The van der Waals surface area contributed by atoms with E-state index in [0.29, 0.717) is 24.2 Å². The van der Waals surface area contributed by atoms with Crippen molar-refractivity contribution in [3.8, 4) is 5.75 Å². The van der Waals surface area contributed by atoms with Crippen LogP contribution in [0.4, 0.5) is 5.69 Å². The summed E-state index contributed by atoms with van der Waals surface area (Å²) in [4.78, 5) is 12.8. The fourth-order valence-electron chi connectivity index (χ4n) is 2.54. The van der Waals surface area contributed by atoms with Gasteiger partial charge in [0.25, 0.3) is 0 Å². The quantitative estimate of drug-likeness (QED) is 0.515. The molecule has 1 unspecified atom stereocenters. The smallest absolute Gasteiger partial charge is 0.211 e. The molecule has 2 rings (SSSR count). The highest BCUT2D eigenvalue weighted by atomic mass is 16.3. The standard InChI is InChI=1S/C19H24N2O3/c1-14(2)21(11-15-6-4-3-5-7-15)12-19(24)16-8-9-18(23)17(10-16)20-13-22/h3-10,13-14,19,23-24H,11-12H2,1-2H3,(H,20,22). The average molecular weight is 328 g/mol. The highest BCUT2D eigenvalue weighted by Crippen LogP contribution is 2.27. The van der Waals surface area contributed by atoms with Gasteiger partial charge in [0.1, 0.15) is 5.75 Å². The molecule has 0 bridgehead atoms. The van der Waals surface area contributed by atoms with Crippen LogP contribution in [0, 0.1) is 0 Å². The van der Waals surface area contributed by atoms with Crippen molar-refractivity contribution in [1.82, 2.24) is 4.90 Å². The van der Waals surface area contributed by atoms with Gasteiger partial charge in [0.05, 0.1) is 11.8 Å². The Bertz CT molecular complexity index is 659. The van der Waals surface area contributed by atoms with E-state index in [1.54, 1.807) is 12.1 Å². The molecule has 0 saturated carbocycles. The first kappa shape index (κ1) is 18.0. The van der Waals surface area contributed by atoms with E-state index in [2.05, 4.69) is 36.2 Å². The number of phenolic OH excluding ortho intramolecular Hbond substituents is 1. The first-order chi connectivity index (χ1) is 11.5. The number of aliphatic hydroxyl groups is 1. The summed E-state index contributed by atoms with van der Waals surface area (Å²) in [6, 6.07) is 15.1. The number of aromatic hydroxyl groups is 1. The predicted molar refractivity (Wildman–Crippen MR) is 94.7 cm³/mol. The Morgan fingerprint density at radius 1 is 1.17 bits per heavy atom. The first-order valence-corrected chi connectivity index (χ1v) is 8.00. The summed E-state index contributed by atoms with van der Waals surface area (Å²) in [5.41, 5.74) is 2.13. The second kappa shape index (κ2) is 8.47. The van der Waals surface area contributed by atoms with Crippen LogP contribution in [0.25, 0.3) is 0 Å². The van der Waals surface area contributed by atoms with Gasteiger partial charge in [-0.2, -0.15) is 0 Å². The van der Waals surface area contributed by atoms with Gasteiger partial charge in [-0.15, -0.1) is 0 Å². The lowest BCUT2D eigenvalue weighted by Crippen LogP contribution is -2.34. The molecule has 0 aliphatic heterocycles. The third-order valence-corrected chi connectivity index (χ3v) is 3.99. The molecule has 24 heavy (non-hydrogen) atoms. The van der Waals surface area contributed by atoms with Crippen LogP contribution in [0.5, 0.6) is 5.75 Å². The van der Waals surface area contributed by atoms with Crippen molar-refractivity contribution >= 4 is 12.1 Å². The number of benzene rings is 2. The maximum absolute atomic E-state index is 10.6. The maximum Gasteiger partial charge on any atom is 0.211 e. The highest BCUT2D eigenvalue weighted by Gasteiger charge is 2.17. The SMILES string of the molecule is CC(C)N(Cc1ccccc1)CC(O)c1ccc(O)c(NC=O)c1. The lowest BCUT2D eigenvalue weighted by atomic mass is 10.1. The molecule has 5 nitrogen and oxygen atoms in total. The van der Waals surface area contributed by atoms with Crippen molar-refractivity contribution in [3.05, 3.63) is 59.7 Å². The highest BCUT2D eigenvalue weighted by molar-refractivity contribution is 5.75. The van der Waals surface area contributed by atoms with Gasteiger partial charge in [-0.05, 0) is 37.1 Å². The molecule has 0 heterocycles. The largest absolute Gasteiger partial charge is 0.506 e. The number of hydrogen-bond acceptors (Lipinski definition) is 4. The zero-order valence-electron chi connectivity index (χ0n) is 14.0. The van der Waals surface area contributed by atoms with Crippen molar-refractivity contribution in [2.45, 2.75) is 32.5 Å². The molecule has 3 N–H and O–H groups in total. The molecule has 1 atom stereocenters. The van der Waals surface area contributed by atoms with E-state index in [0.717, 1.165) is 6.54 Å². The number of carbonyl (C=O) groups excluding carboxylic acids is 1. The monoisotopic (exact) mass is 328 g/mol. The molecule has 0 aliphatic carbocycles. The molecule has 0 saturated heterocycles. The lowest BCUT2D eigenvalue weighted by molar-refractivity contribution is -0.105. The van der Waals surface area contributed by atoms with Gasteiger partial charge in [0.15, 0.2) is 0 Å². The predicted octanol–water partition coefficient (Wildman–Crippen LogP) is 2.90. The van der Waals surface area contributed by atoms with Gasteiger partial charge in [-0.3, -0.25) is 9.69 Å². The van der Waals surface area contributed by atoms with Crippen molar-refractivity contribution in [2.75, 3.05) is 11.9 Å². The fourth-order valence-corrected chi connectivity index (χ4v) is 2.54. The van der Waals surface area contributed by atoms with E-state index >= 15 is 0 Å². The van der Waals surface area contributed by atoms with E-state index in [1.807, 2.05) is 18.2 Å². The minimum atomic E-state index is -0.719. The number of amides is 1. The summed E-state index contributed by atoms with van der Waals surface area (Å²) in [5, 5.41) is 22.7. The number of nitrogens with zero attached hydrogens (tertiary/aromatic N) is 1. The number of aliphatic hydroxyl groups excluding tert-OH is 1. The van der Waals surface area contributed by atoms with Crippen molar-refractivity contribution in [2.24, 2.45) is 0 Å². The zero-order valence-corrected chi connectivity index (χ0v) is 14.0. The third kappa shape index (κ3) is 4.81. The van der Waals surface area contributed by atoms with Crippen LogP contribution in [0.2, 0.25) is 0 Å². The summed E-state index contributed by atoms with van der Waals surface area (Å²) in [6.45, 7) is 5.38. The number of phenols is 1. The van der Waals surface area contributed by atoms with Gasteiger partial charge < -0.3 is 15.5 Å². The Hall–Kier alpha value is -2.37. The minimum Gasteiger partial charge on any atom is -0.506 e. The Kier molecular flexibility index (Phi) is 6.35. The summed E-state index contributed by atoms with van der Waals surface area (Å²) in [5.74, 6) is -0.0250. The normalized spacial score (nSPS) is 12.4. The lowest BCUT2D eigenvalue weighted by Gasteiger charge is -2.29. The molecule has 2 aromatic rings. The summed E-state index contributed by atoms with van der Waals surface area (Å²) < 4.78 is 0. The molecular formula is C19H24N2O3. The van der Waals surface area contributed by atoms with E-state index < -0.39 is 6.10 Å². The molecule has 0 radical (unpaired) electrons. The first-order valence-electron chi connectivity index (χ1n) is 8.00. The molecule has 0 spiro atoms. The average Bonchev–Trinajstić information content (AvgIpc) is 2.57. The van der Waals surface area contributed by atoms with Gasteiger partial charge in [-0.25, -0.2) is 0 Å². The maximum atomic E-state index is 10.6. The van der Waals surface area contributed by atoms with Crippen LogP contribution in [0.3, 0.4) is 0 Å². The van der Waals surface area contributed by atoms with Crippen LogP contribution < -0.4 is 5.32 Å². The van der Waals surface area contributed by atoms with E-state index in [1.165, 1.54) is 11.6 Å². The second-order valence-corrected chi connectivity index (χ2v) is 6.06. The number of nitrogens with one attached hydrogen (secondary N) is 1. The molecule has 128 valence electrons. The Morgan fingerprint density at radius 3 is 2.50 bits per heavy atom. The summed E-state index contributed by atoms with van der Waals surface area (Å²) >= 11 is 0. The Balaban J connectivity index is 2.11. The molecule has 2 aromatic carbocycles. The Morgan fingerprint density at radius 2 is 1.88 bits per heavy atom. The fraction of sp³-hybridized carbons (Fsp3) is 0.316. The van der Waals surface area contributed by atoms with Gasteiger partial charge in [0.2, 0.25) is 6.41 Å². The van der Waals surface area contributed by atoms with Gasteiger partial charge in [0, 0.05) is 19.1 Å². The number of rotatable bonds is 8. The van der Waals surface area contributed by atoms with E-state index in [9.17, 15) is 15.0 Å². The molecule has 0 aromatic heterocycles. The number of anilines is 1. The van der Waals surface area contributed by atoms with Crippen molar-refractivity contribution in [1.29, 1.82) is 0 Å². The van der Waals surface area contributed by atoms with Crippen LogP contribution >= 0.6 is 0 Å². The molecule has 1 amide bonds. The summed E-state index contributed by atoms with van der Waals surface area (Å²) in [7, 11) is 0. The number of carbonyl (C=O) groups is 1. The molecule has 0 aliphatic rings. The van der Waals surface area contributed by atoms with Crippen LogP contribution in [-0.4, -0.2) is 34.1 Å². The molecule has 5 heteroatoms. The van der Waals surface area contributed by atoms with E-state index in [4.69, 9.17) is 0 Å². The second-order valence-electron chi connectivity index (χ2n) is 6.06. The number of hydrogen-bond donors (Lipinski definition) is 3. The van der Waals surface area contributed by atoms with Crippen molar-refractivity contribution in [3.63, 3.8) is 0 Å². The van der Waals surface area contributed by atoms with Crippen molar-refractivity contribution < 1.29 is 15.0 Å². The van der Waals surface area contributed by atoms with Gasteiger partial charge >= 0.3 is 0 Å². The van der Waals surface area contributed by atoms with E-state index in [-0.39, 0.29) is 11.8 Å². The molecule has 0 fully saturated rings. The molecular weight excluding hydrogens is 304 g/mol. The van der Waals surface area contributed by atoms with Crippen LogP contribution in [-0.2, 0) is 11.3 Å². The topological polar surface area (TPSA) is 72.8 Å². The summed E-state index contributed by atoms with van der Waals surface area (Å²) in [6.07, 6.45) is -0.218.